The van der Waals surface area contributed by atoms with Gasteiger partial charge in [-0.2, -0.15) is 0 Å². The molecule has 6 heteroatoms. The van der Waals surface area contributed by atoms with Crippen LogP contribution in [0.15, 0.2) is 42.5 Å². The fourth-order valence-electron chi connectivity index (χ4n) is 1.43. The number of rotatable bonds is 2. The molecular formula is C13H9ClF2N2O. The summed E-state index contributed by atoms with van der Waals surface area (Å²) in [5.74, 6) is -1.05. The van der Waals surface area contributed by atoms with E-state index < -0.39 is 17.7 Å². The van der Waals surface area contributed by atoms with Crippen LogP contribution in [0.2, 0.25) is 5.02 Å². The van der Waals surface area contributed by atoms with Gasteiger partial charge in [0.2, 0.25) is 0 Å². The Morgan fingerprint density at radius 1 is 1.00 bits per heavy atom. The normalized spacial score (nSPS) is 10.1. The van der Waals surface area contributed by atoms with E-state index in [9.17, 15) is 13.6 Å². The number of amides is 2. The highest BCUT2D eigenvalue weighted by atomic mass is 35.5. The quantitative estimate of drug-likeness (QED) is 0.849. The molecule has 0 saturated carbocycles. The van der Waals surface area contributed by atoms with E-state index in [-0.39, 0.29) is 10.7 Å². The Bertz CT molecular complexity index is 582. The number of para-hydroxylation sites is 1. The van der Waals surface area contributed by atoms with Gasteiger partial charge in [0.05, 0.1) is 10.7 Å². The Kier molecular flexibility index (Phi) is 3.97. The molecule has 0 saturated heterocycles. The van der Waals surface area contributed by atoms with Crippen LogP contribution in [0.4, 0.5) is 25.0 Å². The van der Waals surface area contributed by atoms with E-state index in [0.717, 1.165) is 0 Å². The summed E-state index contributed by atoms with van der Waals surface area (Å²) < 4.78 is 26.1. The molecule has 2 aromatic carbocycles. The van der Waals surface area contributed by atoms with Crippen molar-refractivity contribution in [2.45, 2.75) is 0 Å². The first-order valence-corrected chi connectivity index (χ1v) is 5.71. The first-order valence-electron chi connectivity index (χ1n) is 5.34. The molecule has 0 aliphatic heterocycles. The van der Waals surface area contributed by atoms with E-state index in [1.54, 1.807) is 0 Å². The molecule has 98 valence electrons. The van der Waals surface area contributed by atoms with Crippen molar-refractivity contribution >= 4 is 29.0 Å². The molecule has 3 nitrogen and oxygen atoms in total. The lowest BCUT2D eigenvalue weighted by molar-refractivity contribution is 0.262. The second kappa shape index (κ2) is 5.67. The standard InChI is InChI=1S/C13H9ClF2N2O/c14-10-2-1-3-11(16)12(10)18-13(19)17-9-6-4-8(15)5-7-9/h1-7H,(H2,17,18,19). The predicted molar refractivity (Wildman–Crippen MR) is 70.5 cm³/mol. The molecule has 0 unspecified atom stereocenters. The van der Waals surface area contributed by atoms with Crippen LogP contribution in [0, 0.1) is 11.6 Å². The van der Waals surface area contributed by atoms with Gasteiger partial charge in [-0.05, 0) is 36.4 Å². The highest BCUT2D eigenvalue weighted by molar-refractivity contribution is 6.33. The topological polar surface area (TPSA) is 41.1 Å². The van der Waals surface area contributed by atoms with Gasteiger partial charge in [0.25, 0.3) is 0 Å². The number of benzene rings is 2. The second-order valence-corrected chi connectivity index (χ2v) is 4.09. The van der Waals surface area contributed by atoms with Crippen LogP contribution in [0.5, 0.6) is 0 Å². The summed E-state index contributed by atoms with van der Waals surface area (Å²) in [5.41, 5.74) is 0.273. The number of halogens is 3. The third kappa shape index (κ3) is 3.42. The maximum absolute atomic E-state index is 13.4. The third-order valence-electron chi connectivity index (χ3n) is 2.30. The number of hydrogen-bond donors (Lipinski definition) is 2. The van der Waals surface area contributed by atoms with E-state index >= 15 is 0 Å². The van der Waals surface area contributed by atoms with Crippen LogP contribution in [0.3, 0.4) is 0 Å². The molecule has 0 bridgehead atoms. The summed E-state index contributed by atoms with van der Waals surface area (Å²) in [5, 5.41) is 4.81. The first-order chi connectivity index (χ1) is 9.06. The second-order valence-electron chi connectivity index (χ2n) is 3.68. The van der Waals surface area contributed by atoms with Gasteiger partial charge in [-0.1, -0.05) is 17.7 Å². The van der Waals surface area contributed by atoms with Crippen molar-refractivity contribution in [3.8, 4) is 0 Å². The molecule has 2 aromatic rings. The van der Waals surface area contributed by atoms with Crippen molar-refractivity contribution in [3.05, 3.63) is 59.1 Å². The zero-order chi connectivity index (χ0) is 13.8. The lowest BCUT2D eigenvalue weighted by atomic mass is 10.3. The van der Waals surface area contributed by atoms with Gasteiger partial charge < -0.3 is 10.6 Å². The van der Waals surface area contributed by atoms with Gasteiger partial charge in [0.15, 0.2) is 0 Å². The summed E-state index contributed by atoms with van der Waals surface area (Å²) in [6.07, 6.45) is 0. The fraction of sp³-hybridized carbons (Fsp3) is 0. The molecule has 19 heavy (non-hydrogen) atoms. The molecule has 2 amide bonds. The van der Waals surface area contributed by atoms with Gasteiger partial charge in [0, 0.05) is 5.69 Å². The maximum atomic E-state index is 13.4. The molecule has 0 spiro atoms. The summed E-state index contributed by atoms with van der Waals surface area (Å²) in [7, 11) is 0. The minimum Gasteiger partial charge on any atom is -0.308 e. The van der Waals surface area contributed by atoms with E-state index in [2.05, 4.69) is 10.6 Å². The fourth-order valence-corrected chi connectivity index (χ4v) is 1.64. The average molecular weight is 283 g/mol. The lowest BCUT2D eigenvalue weighted by Gasteiger charge is -2.09. The van der Waals surface area contributed by atoms with Crippen LogP contribution in [0.25, 0.3) is 0 Å². The molecule has 0 atom stereocenters. The van der Waals surface area contributed by atoms with Crippen LogP contribution in [0.1, 0.15) is 0 Å². The van der Waals surface area contributed by atoms with E-state index in [1.807, 2.05) is 0 Å². The Balaban J connectivity index is 2.07. The Morgan fingerprint density at radius 2 is 1.68 bits per heavy atom. The van der Waals surface area contributed by atoms with Crippen molar-refractivity contribution in [2.24, 2.45) is 0 Å². The molecule has 2 N–H and O–H groups in total. The number of urea groups is 1. The minimum atomic E-state index is -0.668. The monoisotopic (exact) mass is 282 g/mol. The first kappa shape index (κ1) is 13.3. The Hall–Kier alpha value is -2.14. The van der Waals surface area contributed by atoms with Crippen LogP contribution < -0.4 is 10.6 Å². The molecule has 2 rings (SSSR count). The predicted octanol–water partition coefficient (Wildman–Crippen LogP) is 4.26. The van der Waals surface area contributed by atoms with Gasteiger partial charge >= 0.3 is 6.03 Å². The summed E-state index contributed by atoms with van der Waals surface area (Å²) >= 11 is 5.77. The van der Waals surface area contributed by atoms with Gasteiger partial charge in [-0.15, -0.1) is 0 Å². The molecule has 0 aliphatic rings. The summed E-state index contributed by atoms with van der Waals surface area (Å²) in [6, 6.07) is 8.57. The van der Waals surface area contributed by atoms with Crippen molar-refractivity contribution in [1.82, 2.24) is 0 Å². The number of carbonyl (C=O) groups excluding carboxylic acids is 1. The smallest absolute Gasteiger partial charge is 0.308 e. The van der Waals surface area contributed by atoms with E-state index in [4.69, 9.17) is 11.6 Å². The van der Waals surface area contributed by atoms with Crippen molar-refractivity contribution < 1.29 is 13.6 Å². The number of hydrogen-bond acceptors (Lipinski definition) is 1. The summed E-state index contributed by atoms with van der Waals surface area (Å²) in [6.45, 7) is 0. The van der Waals surface area contributed by atoms with Gasteiger partial charge in [-0.25, -0.2) is 13.6 Å². The van der Waals surface area contributed by atoms with E-state index in [1.165, 1.54) is 42.5 Å². The Labute approximate surface area is 113 Å². The largest absolute Gasteiger partial charge is 0.323 e. The highest BCUT2D eigenvalue weighted by Crippen LogP contribution is 2.24. The number of nitrogens with one attached hydrogen (secondary N) is 2. The van der Waals surface area contributed by atoms with Crippen LogP contribution >= 0.6 is 11.6 Å². The molecule has 0 aliphatic carbocycles. The molecule has 0 heterocycles. The van der Waals surface area contributed by atoms with Crippen LogP contribution in [-0.2, 0) is 0 Å². The maximum Gasteiger partial charge on any atom is 0.323 e. The molecule has 0 radical (unpaired) electrons. The lowest BCUT2D eigenvalue weighted by Crippen LogP contribution is -2.20. The zero-order valence-corrected chi connectivity index (χ0v) is 10.3. The SMILES string of the molecule is O=C(Nc1ccc(F)cc1)Nc1c(F)cccc1Cl. The highest BCUT2D eigenvalue weighted by Gasteiger charge is 2.10. The van der Waals surface area contributed by atoms with E-state index in [0.29, 0.717) is 5.69 Å². The summed E-state index contributed by atoms with van der Waals surface area (Å²) in [4.78, 5) is 11.6. The zero-order valence-electron chi connectivity index (χ0n) is 9.58. The van der Waals surface area contributed by atoms with Gasteiger partial charge in [-0.3, -0.25) is 0 Å². The molecular weight excluding hydrogens is 274 g/mol. The van der Waals surface area contributed by atoms with Gasteiger partial charge in [0.1, 0.15) is 11.6 Å². The molecule has 0 aromatic heterocycles. The van der Waals surface area contributed by atoms with Crippen LogP contribution in [-0.4, -0.2) is 6.03 Å². The average Bonchev–Trinajstić information content (AvgIpc) is 2.37. The Morgan fingerprint density at radius 3 is 2.32 bits per heavy atom. The van der Waals surface area contributed by atoms with Crippen molar-refractivity contribution in [1.29, 1.82) is 0 Å². The number of anilines is 2. The van der Waals surface area contributed by atoms with Crippen molar-refractivity contribution in [2.75, 3.05) is 10.6 Å². The minimum absolute atomic E-state index is 0.0919. The van der Waals surface area contributed by atoms with Crippen molar-refractivity contribution in [3.63, 3.8) is 0 Å². The molecule has 0 fully saturated rings. The third-order valence-corrected chi connectivity index (χ3v) is 2.62. The number of carbonyl (C=O) groups is 1.